The van der Waals surface area contributed by atoms with Gasteiger partial charge in [-0.05, 0) is 31.9 Å². The van der Waals surface area contributed by atoms with Gasteiger partial charge in [0.2, 0.25) is 5.91 Å². The van der Waals surface area contributed by atoms with Gasteiger partial charge in [0.05, 0.1) is 12.3 Å². The average Bonchev–Trinajstić information content (AvgIpc) is 2.74. The molecule has 3 rings (SSSR count). The number of amides is 1. The van der Waals surface area contributed by atoms with Crippen LogP contribution < -0.4 is 15.0 Å². The van der Waals surface area contributed by atoms with E-state index in [-0.39, 0.29) is 5.91 Å². The Bertz CT molecular complexity index is 473. The molecule has 1 saturated heterocycles. The molecule has 18 heavy (non-hydrogen) atoms. The van der Waals surface area contributed by atoms with Crippen LogP contribution in [0.4, 0.5) is 11.4 Å². The number of carbonyl (C=O) groups excluding carboxylic acids is 1. The van der Waals surface area contributed by atoms with Crippen LogP contribution >= 0.6 is 0 Å². The van der Waals surface area contributed by atoms with E-state index in [0.29, 0.717) is 19.1 Å². The van der Waals surface area contributed by atoms with Crippen LogP contribution in [0.3, 0.4) is 0 Å². The molecule has 1 N–H and O–H groups in total. The van der Waals surface area contributed by atoms with Crippen molar-refractivity contribution in [3.05, 3.63) is 18.2 Å². The number of rotatable bonds is 2. The minimum atomic E-state index is 0.0952. The minimum absolute atomic E-state index is 0.0952. The molecule has 2 aliphatic heterocycles. The van der Waals surface area contributed by atoms with Crippen LogP contribution in [0.1, 0.15) is 26.2 Å². The van der Waals surface area contributed by atoms with Gasteiger partial charge in [-0.25, -0.2) is 0 Å². The predicted octanol–water partition coefficient (Wildman–Crippen LogP) is 2.40. The van der Waals surface area contributed by atoms with Crippen LogP contribution in [0, 0.1) is 0 Å². The molecule has 1 fully saturated rings. The van der Waals surface area contributed by atoms with Crippen molar-refractivity contribution >= 4 is 17.3 Å². The Labute approximate surface area is 107 Å². The SMILES string of the molecule is CCOc1cccc2c1NC(=O)CC1CCCN21. The maximum absolute atomic E-state index is 12.0. The lowest BCUT2D eigenvalue weighted by Gasteiger charge is -2.25. The third-order valence-electron chi connectivity index (χ3n) is 3.68. The Hall–Kier alpha value is -1.71. The van der Waals surface area contributed by atoms with E-state index in [2.05, 4.69) is 16.3 Å². The fraction of sp³-hybridized carbons (Fsp3) is 0.500. The van der Waals surface area contributed by atoms with Crippen LogP contribution in [-0.4, -0.2) is 25.1 Å². The van der Waals surface area contributed by atoms with Gasteiger partial charge in [-0.2, -0.15) is 0 Å². The zero-order valence-electron chi connectivity index (χ0n) is 10.6. The van der Waals surface area contributed by atoms with Gasteiger partial charge in [0.15, 0.2) is 0 Å². The van der Waals surface area contributed by atoms with Gasteiger partial charge >= 0.3 is 0 Å². The zero-order chi connectivity index (χ0) is 12.5. The molecule has 0 spiro atoms. The van der Waals surface area contributed by atoms with Crippen LogP contribution in [0.15, 0.2) is 18.2 Å². The predicted molar refractivity (Wildman–Crippen MR) is 71.2 cm³/mol. The summed E-state index contributed by atoms with van der Waals surface area (Å²) in [6.45, 7) is 3.59. The highest BCUT2D eigenvalue weighted by atomic mass is 16.5. The molecule has 1 atom stereocenters. The summed E-state index contributed by atoms with van der Waals surface area (Å²) in [5.74, 6) is 0.869. The molecule has 2 aliphatic rings. The normalized spacial score (nSPS) is 21.9. The van der Waals surface area contributed by atoms with Gasteiger partial charge in [0.1, 0.15) is 11.4 Å². The quantitative estimate of drug-likeness (QED) is 0.871. The van der Waals surface area contributed by atoms with Gasteiger partial charge in [-0.3, -0.25) is 4.79 Å². The van der Waals surface area contributed by atoms with Gasteiger partial charge in [0, 0.05) is 19.0 Å². The van der Waals surface area contributed by atoms with Crippen molar-refractivity contribution in [3.8, 4) is 5.75 Å². The van der Waals surface area contributed by atoms with Crippen molar-refractivity contribution in [2.24, 2.45) is 0 Å². The van der Waals surface area contributed by atoms with E-state index in [0.717, 1.165) is 36.5 Å². The lowest BCUT2D eigenvalue weighted by molar-refractivity contribution is -0.116. The molecule has 1 aromatic rings. The summed E-state index contributed by atoms with van der Waals surface area (Å²) in [6.07, 6.45) is 2.85. The number of nitrogens with one attached hydrogen (secondary N) is 1. The third-order valence-corrected chi connectivity index (χ3v) is 3.68. The number of benzene rings is 1. The summed E-state index contributed by atoms with van der Waals surface area (Å²) < 4.78 is 5.62. The molecular weight excluding hydrogens is 228 g/mol. The van der Waals surface area contributed by atoms with E-state index >= 15 is 0 Å². The topological polar surface area (TPSA) is 41.6 Å². The summed E-state index contributed by atoms with van der Waals surface area (Å²) in [5.41, 5.74) is 1.95. The Morgan fingerprint density at radius 2 is 2.39 bits per heavy atom. The second kappa shape index (κ2) is 4.52. The second-order valence-corrected chi connectivity index (χ2v) is 4.83. The standard InChI is InChI=1S/C14H18N2O2/c1-2-18-12-7-3-6-11-14(12)15-13(17)9-10-5-4-8-16(10)11/h3,6-7,10H,2,4-5,8-9H2,1H3,(H,15,17). The average molecular weight is 246 g/mol. The molecular formula is C14H18N2O2. The number of fused-ring (bicyclic) bond motifs is 3. The largest absolute Gasteiger partial charge is 0.492 e. The summed E-state index contributed by atoms with van der Waals surface area (Å²) in [5, 5.41) is 3.00. The first-order valence-corrected chi connectivity index (χ1v) is 6.62. The van der Waals surface area contributed by atoms with Crippen molar-refractivity contribution in [2.45, 2.75) is 32.2 Å². The lowest BCUT2D eigenvalue weighted by atomic mass is 10.1. The number of ether oxygens (including phenoxy) is 1. The molecule has 4 heteroatoms. The number of para-hydroxylation sites is 1. The number of carbonyl (C=O) groups is 1. The maximum Gasteiger partial charge on any atom is 0.226 e. The zero-order valence-corrected chi connectivity index (χ0v) is 10.6. The smallest absolute Gasteiger partial charge is 0.226 e. The molecule has 0 radical (unpaired) electrons. The van der Waals surface area contributed by atoms with E-state index in [1.807, 2.05) is 19.1 Å². The lowest BCUT2D eigenvalue weighted by Crippen LogP contribution is -2.29. The van der Waals surface area contributed by atoms with Gasteiger partial charge < -0.3 is 15.0 Å². The van der Waals surface area contributed by atoms with E-state index < -0.39 is 0 Å². The molecule has 1 unspecified atom stereocenters. The van der Waals surface area contributed by atoms with Crippen LogP contribution in [0.2, 0.25) is 0 Å². The molecule has 1 amide bonds. The summed E-state index contributed by atoms with van der Waals surface area (Å²) >= 11 is 0. The first-order chi connectivity index (χ1) is 8.79. The molecule has 2 heterocycles. The highest BCUT2D eigenvalue weighted by Crippen LogP contribution is 2.41. The summed E-state index contributed by atoms with van der Waals surface area (Å²) in [4.78, 5) is 14.3. The first-order valence-electron chi connectivity index (χ1n) is 6.62. The molecule has 0 aromatic heterocycles. The molecule has 0 aliphatic carbocycles. The fourth-order valence-electron chi connectivity index (χ4n) is 2.93. The van der Waals surface area contributed by atoms with Gasteiger partial charge in [0.25, 0.3) is 0 Å². The van der Waals surface area contributed by atoms with Crippen molar-refractivity contribution in [1.29, 1.82) is 0 Å². The van der Waals surface area contributed by atoms with Crippen molar-refractivity contribution in [3.63, 3.8) is 0 Å². The number of hydrogen-bond donors (Lipinski definition) is 1. The van der Waals surface area contributed by atoms with E-state index in [1.165, 1.54) is 0 Å². The van der Waals surface area contributed by atoms with Gasteiger partial charge in [-0.1, -0.05) is 6.07 Å². The monoisotopic (exact) mass is 246 g/mol. The van der Waals surface area contributed by atoms with Crippen LogP contribution in [-0.2, 0) is 4.79 Å². The molecule has 96 valence electrons. The summed E-state index contributed by atoms with van der Waals surface area (Å²) in [6, 6.07) is 6.33. The molecule has 4 nitrogen and oxygen atoms in total. The third kappa shape index (κ3) is 1.82. The van der Waals surface area contributed by atoms with Crippen molar-refractivity contribution < 1.29 is 9.53 Å². The van der Waals surface area contributed by atoms with E-state index in [1.54, 1.807) is 0 Å². The highest BCUT2D eigenvalue weighted by molar-refractivity contribution is 5.99. The Morgan fingerprint density at radius 1 is 1.50 bits per heavy atom. The minimum Gasteiger partial charge on any atom is -0.492 e. The first kappa shape index (κ1) is 11.4. The Balaban J connectivity index is 2.07. The number of nitrogens with zero attached hydrogens (tertiary/aromatic N) is 1. The van der Waals surface area contributed by atoms with E-state index in [4.69, 9.17) is 4.74 Å². The van der Waals surface area contributed by atoms with Crippen molar-refractivity contribution in [1.82, 2.24) is 0 Å². The van der Waals surface area contributed by atoms with Gasteiger partial charge in [-0.15, -0.1) is 0 Å². The molecule has 0 bridgehead atoms. The number of anilines is 2. The molecule has 0 saturated carbocycles. The molecule has 1 aromatic carbocycles. The Kier molecular flexibility index (Phi) is 2.86. The maximum atomic E-state index is 12.0. The summed E-state index contributed by atoms with van der Waals surface area (Å²) in [7, 11) is 0. The van der Waals surface area contributed by atoms with Crippen LogP contribution in [0.5, 0.6) is 5.75 Å². The highest BCUT2D eigenvalue weighted by Gasteiger charge is 2.32. The number of hydrogen-bond acceptors (Lipinski definition) is 3. The van der Waals surface area contributed by atoms with Crippen LogP contribution in [0.25, 0.3) is 0 Å². The van der Waals surface area contributed by atoms with E-state index in [9.17, 15) is 4.79 Å². The fourth-order valence-corrected chi connectivity index (χ4v) is 2.93. The van der Waals surface area contributed by atoms with Crippen molar-refractivity contribution in [2.75, 3.05) is 23.4 Å². The second-order valence-electron chi connectivity index (χ2n) is 4.83. The Morgan fingerprint density at radius 3 is 3.22 bits per heavy atom.